The fourth-order valence-electron chi connectivity index (χ4n) is 3.04. The summed E-state index contributed by atoms with van der Waals surface area (Å²) in [5.41, 5.74) is 8.70. The molecular formula is C18H19N3O3. The van der Waals surface area contributed by atoms with Gasteiger partial charge in [0, 0.05) is 12.5 Å². The second kappa shape index (κ2) is 6.77. The van der Waals surface area contributed by atoms with Gasteiger partial charge in [-0.15, -0.1) is 0 Å². The number of rotatable bonds is 4. The molecule has 2 heterocycles. The number of hydrogen-bond acceptors (Lipinski definition) is 6. The Morgan fingerprint density at radius 3 is 2.54 bits per heavy atom. The number of methoxy groups -OCH3 is 2. The number of nitriles is 1. The van der Waals surface area contributed by atoms with Gasteiger partial charge in [0.1, 0.15) is 23.4 Å². The number of nitrogens with two attached hydrogens (primary N) is 1. The summed E-state index contributed by atoms with van der Waals surface area (Å²) in [5, 5.41) is 9.46. The Kier molecular flexibility index (Phi) is 4.54. The summed E-state index contributed by atoms with van der Waals surface area (Å²) < 4.78 is 16.4. The van der Waals surface area contributed by atoms with Crippen LogP contribution in [0.1, 0.15) is 23.5 Å². The normalized spacial score (nSPS) is 16.6. The van der Waals surface area contributed by atoms with Crippen LogP contribution in [0.15, 0.2) is 24.3 Å². The minimum Gasteiger partial charge on any atom is -0.496 e. The molecule has 1 aromatic heterocycles. The highest BCUT2D eigenvalue weighted by molar-refractivity contribution is 5.77. The lowest BCUT2D eigenvalue weighted by molar-refractivity contribution is 0.194. The zero-order valence-corrected chi connectivity index (χ0v) is 13.7. The topological polar surface area (TPSA) is 90.4 Å². The predicted octanol–water partition coefficient (Wildman–Crippen LogP) is 2.72. The van der Waals surface area contributed by atoms with E-state index in [4.69, 9.17) is 19.9 Å². The van der Waals surface area contributed by atoms with Crippen LogP contribution in [0.2, 0.25) is 0 Å². The van der Waals surface area contributed by atoms with Gasteiger partial charge in [0.05, 0.1) is 37.6 Å². The molecule has 6 nitrogen and oxygen atoms in total. The molecule has 124 valence electrons. The molecule has 1 fully saturated rings. The van der Waals surface area contributed by atoms with Gasteiger partial charge in [-0.25, -0.2) is 4.98 Å². The molecule has 6 heteroatoms. The van der Waals surface area contributed by atoms with Crippen molar-refractivity contribution >= 4 is 5.82 Å². The van der Waals surface area contributed by atoms with Crippen molar-refractivity contribution in [3.63, 3.8) is 0 Å². The number of nitrogens with zero attached hydrogens (tertiary/aromatic N) is 2. The van der Waals surface area contributed by atoms with Gasteiger partial charge in [-0.05, 0) is 30.2 Å². The first-order valence-electron chi connectivity index (χ1n) is 7.69. The minimum atomic E-state index is 0.143. The Labute approximate surface area is 140 Å². The van der Waals surface area contributed by atoms with Gasteiger partial charge in [0.15, 0.2) is 0 Å². The molecule has 1 atom stereocenters. The fourth-order valence-corrected chi connectivity index (χ4v) is 3.04. The lowest BCUT2D eigenvalue weighted by atomic mass is 9.92. The first kappa shape index (κ1) is 16.1. The zero-order valence-electron chi connectivity index (χ0n) is 13.7. The second-order valence-corrected chi connectivity index (χ2v) is 5.57. The molecule has 0 radical (unpaired) electrons. The van der Waals surface area contributed by atoms with Gasteiger partial charge in [0.25, 0.3) is 0 Å². The number of hydrogen-bond donors (Lipinski definition) is 1. The molecule has 24 heavy (non-hydrogen) atoms. The Hall–Kier alpha value is -2.78. The number of ether oxygens (including phenoxy) is 3. The van der Waals surface area contributed by atoms with Crippen molar-refractivity contribution in [3.8, 4) is 28.8 Å². The molecule has 1 saturated heterocycles. The highest BCUT2D eigenvalue weighted by Crippen LogP contribution is 2.40. The average Bonchev–Trinajstić information content (AvgIpc) is 3.14. The van der Waals surface area contributed by atoms with Crippen molar-refractivity contribution in [2.24, 2.45) is 0 Å². The summed E-state index contributed by atoms with van der Waals surface area (Å²) in [4.78, 5) is 4.42. The SMILES string of the molecule is COc1cccc(OC)c1-c1cc(C2CCOC2)c(C#N)c(N)n1. The molecule has 2 N–H and O–H groups in total. The summed E-state index contributed by atoms with van der Waals surface area (Å²) in [5.74, 6) is 1.63. The third-order valence-electron chi connectivity index (χ3n) is 4.24. The van der Waals surface area contributed by atoms with E-state index in [1.54, 1.807) is 14.2 Å². The van der Waals surface area contributed by atoms with Crippen LogP contribution in [0.25, 0.3) is 11.3 Å². The molecule has 1 unspecified atom stereocenters. The Morgan fingerprint density at radius 2 is 2.00 bits per heavy atom. The van der Waals surface area contributed by atoms with E-state index in [0.29, 0.717) is 36.0 Å². The number of anilines is 1. The molecule has 0 spiro atoms. The lowest BCUT2D eigenvalue weighted by Crippen LogP contribution is -2.07. The molecule has 1 aliphatic rings. The maximum Gasteiger partial charge on any atom is 0.142 e. The molecule has 1 aromatic carbocycles. The van der Waals surface area contributed by atoms with E-state index in [9.17, 15) is 5.26 Å². The van der Waals surface area contributed by atoms with Crippen LogP contribution in [-0.4, -0.2) is 32.4 Å². The molecule has 0 amide bonds. The highest BCUT2D eigenvalue weighted by atomic mass is 16.5. The van der Waals surface area contributed by atoms with Crippen molar-refractivity contribution in [2.75, 3.05) is 33.2 Å². The zero-order chi connectivity index (χ0) is 17.1. The average molecular weight is 325 g/mol. The van der Waals surface area contributed by atoms with Gasteiger partial charge in [0.2, 0.25) is 0 Å². The van der Waals surface area contributed by atoms with Gasteiger partial charge in [-0.1, -0.05) is 6.07 Å². The molecule has 0 saturated carbocycles. The summed E-state index contributed by atoms with van der Waals surface area (Å²) in [6.07, 6.45) is 0.862. The van der Waals surface area contributed by atoms with E-state index in [-0.39, 0.29) is 11.7 Å². The van der Waals surface area contributed by atoms with Crippen molar-refractivity contribution < 1.29 is 14.2 Å². The van der Waals surface area contributed by atoms with Gasteiger partial charge >= 0.3 is 0 Å². The van der Waals surface area contributed by atoms with E-state index in [1.165, 1.54) is 0 Å². The van der Waals surface area contributed by atoms with Gasteiger partial charge in [-0.2, -0.15) is 5.26 Å². The molecular weight excluding hydrogens is 306 g/mol. The maximum atomic E-state index is 9.46. The fraction of sp³-hybridized carbons (Fsp3) is 0.333. The van der Waals surface area contributed by atoms with E-state index >= 15 is 0 Å². The number of pyridine rings is 1. The smallest absolute Gasteiger partial charge is 0.142 e. The highest BCUT2D eigenvalue weighted by Gasteiger charge is 2.25. The molecule has 2 aromatic rings. The van der Waals surface area contributed by atoms with E-state index < -0.39 is 0 Å². The van der Waals surface area contributed by atoms with Crippen LogP contribution in [-0.2, 0) is 4.74 Å². The van der Waals surface area contributed by atoms with Crippen LogP contribution >= 0.6 is 0 Å². The Morgan fingerprint density at radius 1 is 1.29 bits per heavy atom. The predicted molar refractivity (Wildman–Crippen MR) is 90.1 cm³/mol. The quantitative estimate of drug-likeness (QED) is 0.929. The third kappa shape index (κ3) is 2.74. The van der Waals surface area contributed by atoms with Crippen molar-refractivity contribution in [1.29, 1.82) is 5.26 Å². The summed E-state index contributed by atoms with van der Waals surface area (Å²) in [6.45, 7) is 1.27. The molecule has 3 rings (SSSR count). The maximum absolute atomic E-state index is 9.46. The van der Waals surface area contributed by atoms with E-state index in [1.807, 2.05) is 24.3 Å². The molecule has 0 aliphatic carbocycles. The Bertz CT molecular complexity index is 771. The largest absolute Gasteiger partial charge is 0.496 e. The number of aromatic nitrogens is 1. The van der Waals surface area contributed by atoms with Crippen LogP contribution in [0.3, 0.4) is 0 Å². The van der Waals surface area contributed by atoms with Crippen LogP contribution in [0.4, 0.5) is 5.82 Å². The Balaban J connectivity index is 2.22. The number of nitrogen functional groups attached to an aromatic ring is 1. The first-order chi connectivity index (χ1) is 11.7. The van der Waals surface area contributed by atoms with Crippen LogP contribution < -0.4 is 15.2 Å². The van der Waals surface area contributed by atoms with Crippen LogP contribution in [0, 0.1) is 11.3 Å². The monoisotopic (exact) mass is 325 g/mol. The van der Waals surface area contributed by atoms with Crippen LogP contribution in [0.5, 0.6) is 11.5 Å². The standard InChI is InChI=1S/C18H19N3O3/c1-22-15-4-3-5-16(23-2)17(15)14-8-12(11-6-7-24-10-11)13(9-19)18(20)21-14/h3-5,8,11H,6-7,10H2,1-2H3,(H2,20,21). The van der Waals surface area contributed by atoms with Crippen molar-refractivity contribution in [2.45, 2.75) is 12.3 Å². The van der Waals surface area contributed by atoms with E-state index in [0.717, 1.165) is 17.5 Å². The second-order valence-electron chi connectivity index (χ2n) is 5.57. The summed E-state index contributed by atoms with van der Waals surface area (Å²) >= 11 is 0. The first-order valence-corrected chi connectivity index (χ1v) is 7.69. The number of benzene rings is 1. The molecule has 1 aliphatic heterocycles. The summed E-state index contributed by atoms with van der Waals surface area (Å²) in [7, 11) is 3.19. The van der Waals surface area contributed by atoms with E-state index in [2.05, 4.69) is 11.1 Å². The lowest BCUT2D eigenvalue weighted by Gasteiger charge is -2.17. The van der Waals surface area contributed by atoms with Gasteiger partial charge in [-0.3, -0.25) is 0 Å². The van der Waals surface area contributed by atoms with Crippen molar-refractivity contribution in [1.82, 2.24) is 4.98 Å². The van der Waals surface area contributed by atoms with Crippen molar-refractivity contribution in [3.05, 3.63) is 35.4 Å². The van der Waals surface area contributed by atoms with Gasteiger partial charge < -0.3 is 19.9 Å². The minimum absolute atomic E-state index is 0.143. The third-order valence-corrected chi connectivity index (χ3v) is 4.24. The summed E-state index contributed by atoms with van der Waals surface area (Å²) in [6, 6.07) is 9.59. The molecule has 0 bridgehead atoms.